The average Bonchev–Trinajstić information content (AvgIpc) is 2.96. The molecule has 2 heterocycles. The second-order valence-electron chi connectivity index (χ2n) is 5.31. The first-order chi connectivity index (χ1) is 8.68. The third-order valence-corrected chi connectivity index (χ3v) is 6.93. The zero-order chi connectivity index (χ0) is 12.4. The number of rotatable bonds is 0. The summed E-state index contributed by atoms with van der Waals surface area (Å²) >= 11 is 3.62. The molecule has 3 heteroatoms. The lowest BCUT2D eigenvalue weighted by molar-refractivity contribution is 0.0940. The van der Waals surface area contributed by atoms with Crippen molar-refractivity contribution in [2.75, 3.05) is 0 Å². The van der Waals surface area contributed by atoms with Crippen LogP contribution in [0.1, 0.15) is 47.8 Å². The van der Waals surface area contributed by atoms with Crippen molar-refractivity contribution in [3.8, 4) is 0 Å². The van der Waals surface area contributed by atoms with Gasteiger partial charge in [0, 0.05) is 15.7 Å². The van der Waals surface area contributed by atoms with Crippen LogP contribution in [0.5, 0.6) is 0 Å². The van der Waals surface area contributed by atoms with Gasteiger partial charge in [-0.05, 0) is 24.3 Å². The fraction of sp³-hybridized carbons (Fsp3) is 0.400. The fourth-order valence-corrected chi connectivity index (χ4v) is 6.14. The predicted molar refractivity (Wildman–Crippen MR) is 79.0 cm³/mol. The molecule has 0 spiro atoms. The molecule has 0 radical (unpaired) electrons. The summed E-state index contributed by atoms with van der Waals surface area (Å²) in [6.07, 6.45) is 7.00. The van der Waals surface area contributed by atoms with Crippen molar-refractivity contribution >= 4 is 50.0 Å². The Bertz CT molecular complexity index is 791. The van der Waals surface area contributed by atoms with E-state index >= 15 is 0 Å². The molecule has 1 nitrogen and oxygen atoms in total. The SMILES string of the molecule is CC1C(=O)c2sc3c4c(sc3c2C1C)=CCCC=4. The molecule has 4 rings (SSSR count). The van der Waals surface area contributed by atoms with Crippen LogP contribution in [-0.4, -0.2) is 5.78 Å². The van der Waals surface area contributed by atoms with Crippen molar-refractivity contribution in [2.45, 2.75) is 32.6 Å². The monoisotopic (exact) mass is 274 g/mol. The zero-order valence-corrected chi connectivity index (χ0v) is 12.1. The van der Waals surface area contributed by atoms with Crippen LogP contribution in [0, 0.1) is 5.92 Å². The lowest BCUT2D eigenvalue weighted by atomic mass is 9.96. The topological polar surface area (TPSA) is 17.1 Å². The third-order valence-electron chi connectivity index (χ3n) is 4.31. The van der Waals surface area contributed by atoms with Gasteiger partial charge >= 0.3 is 0 Å². The molecule has 0 bridgehead atoms. The van der Waals surface area contributed by atoms with E-state index in [0.29, 0.717) is 11.7 Å². The summed E-state index contributed by atoms with van der Waals surface area (Å²) in [5, 5.41) is 1.40. The highest BCUT2D eigenvalue weighted by Crippen LogP contribution is 2.46. The Hall–Kier alpha value is -0.930. The van der Waals surface area contributed by atoms with E-state index in [1.807, 2.05) is 11.3 Å². The highest BCUT2D eigenvalue weighted by Gasteiger charge is 2.37. The maximum Gasteiger partial charge on any atom is 0.176 e. The van der Waals surface area contributed by atoms with Crippen molar-refractivity contribution in [3.63, 3.8) is 0 Å². The standard InChI is InChI=1S/C15H14OS2/c1-7-8(2)12(16)14-11(7)15-13(18-14)9-5-3-4-6-10(9)17-15/h5-8H,3-4H2,1-2H3. The summed E-state index contributed by atoms with van der Waals surface area (Å²) in [5.41, 5.74) is 1.34. The van der Waals surface area contributed by atoms with Crippen molar-refractivity contribution in [2.24, 2.45) is 5.92 Å². The molecule has 92 valence electrons. The predicted octanol–water partition coefficient (Wildman–Crippen LogP) is 3.25. The van der Waals surface area contributed by atoms with E-state index in [0.717, 1.165) is 17.7 Å². The van der Waals surface area contributed by atoms with Gasteiger partial charge in [-0.2, -0.15) is 0 Å². The largest absolute Gasteiger partial charge is 0.293 e. The van der Waals surface area contributed by atoms with Gasteiger partial charge < -0.3 is 0 Å². The minimum atomic E-state index is 0.169. The Morgan fingerprint density at radius 1 is 1.06 bits per heavy atom. The number of carbonyl (C=O) groups is 1. The lowest BCUT2D eigenvalue weighted by Crippen LogP contribution is -2.20. The van der Waals surface area contributed by atoms with Gasteiger partial charge in [0.1, 0.15) is 0 Å². The van der Waals surface area contributed by atoms with Crippen molar-refractivity contribution in [1.29, 1.82) is 0 Å². The van der Waals surface area contributed by atoms with Crippen molar-refractivity contribution in [3.05, 3.63) is 20.2 Å². The minimum Gasteiger partial charge on any atom is -0.293 e. The molecule has 2 aromatic heterocycles. The first-order valence-electron chi connectivity index (χ1n) is 6.48. The second kappa shape index (κ2) is 3.55. The van der Waals surface area contributed by atoms with E-state index in [-0.39, 0.29) is 5.92 Å². The first-order valence-corrected chi connectivity index (χ1v) is 8.11. The van der Waals surface area contributed by atoms with Gasteiger partial charge in [-0.3, -0.25) is 4.79 Å². The summed E-state index contributed by atoms with van der Waals surface area (Å²) in [6.45, 7) is 4.27. The van der Waals surface area contributed by atoms with Gasteiger partial charge in [-0.15, -0.1) is 22.7 Å². The average molecular weight is 274 g/mol. The number of Topliss-reactive ketones (excluding diaryl/α,β-unsaturated/α-hetero) is 1. The molecule has 0 amide bonds. The summed E-state index contributed by atoms with van der Waals surface area (Å²) in [5.74, 6) is 0.920. The molecular formula is C15H14OS2. The van der Waals surface area contributed by atoms with E-state index in [2.05, 4.69) is 26.0 Å². The first kappa shape index (κ1) is 10.9. The molecule has 0 aliphatic heterocycles. The number of carbonyl (C=O) groups excluding carboxylic acids is 1. The molecule has 2 aromatic rings. The van der Waals surface area contributed by atoms with Crippen LogP contribution >= 0.6 is 22.7 Å². The molecule has 0 N–H and O–H groups in total. The van der Waals surface area contributed by atoms with Gasteiger partial charge in [-0.1, -0.05) is 26.0 Å². The highest BCUT2D eigenvalue weighted by molar-refractivity contribution is 7.28. The number of thiophene rings is 2. The summed E-state index contributed by atoms with van der Waals surface area (Å²) < 4.78 is 4.17. The van der Waals surface area contributed by atoms with Gasteiger partial charge in [0.2, 0.25) is 0 Å². The second-order valence-corrected chi connectivity index (χ2v) is 7.38. The molecule has 2 unspecified atom stereocenters. The fourth-order valence-electron chi connectivity index (χ4n) is 3.05. The van der Waals surface area contributed by atoms with E-state index < -0.39 is 0 Å². The van der Waals surface area contributed by atoms with Crippen molar-refractivity contribution in [1.82, 2.24) is 0 Å². The Labute approximate surface area is 113 Å². The summed E-state index contributed by atoms with van der Waals surface area (Å²) in [7, 11) is 0. The van der Waals surface area contributed by atoms with Crippen LogP contribution < -0.4 is 9.75 Å². The van der Waals surface area contributed by atoms with Crippen LogP contribution in [-0.2, 0) is 0 Å². The third kappa shape index (κ3) is 1.19. The zero-order valence-electron chi connectivity index (χ0n) is 10.4. The van der Waals surface area contributed by atoms with Gasteiger partial charge in [0.15, 0.2) is 5.78 Å². The van der Waals surface area contributed by atoms with E-state index in [4.69, 9.17) is 0 Å². The molecule has 2 aliphatic rings. The smallest absolute Gasteiger partial charge is 0.176 e. The Kier molecular flexibility index (Phi) is 2.16. The molecule has 0 saturated heterocycles. The number of ketones is 1. The molecule has 2 aliphatic carbocycles. The highest BCUT2D eigenvalue weighted by atomic mass is 32.1. The van der Waals surface area contributed by atoms with E-state index in [1.165, 1.54) is 24.7 Å². The molecule has 2 atom stereocenters. The normalized spacial score (nSPS) is 25.8. The lowest BCUT2D eigenvalue weighted by Gasteiger charge is -2.07. The Morgan fingerprint density at radius 2 is 1.83 bits per heavy atom. The number of fused-ring (bicyclic) bond motifs is 5. The Balaban J connectivity index is 2.15. The van der Waals surface area contributed by atoms with Gasteiger partial charge in [-0.25, -0.2) is 0 Å². The number of hydrogen-bond donors (Lipinski definition) is 0. The molecule has 0 fully saturated rings. The van der Waals surface area contributed by atoms with E-state index in [1.54, 1.807) is 11.3 Å². The van der Waals surface area contributed by atoms with E-state index in [9.17, 15) is 4.79 Å². The summed E-state index contributed by atoms with van der Waals surface area (Å²) in [4.78, 5) is 13.3. The maximum atomic E-state index is 12.2. The molecule has 18 heavy (non-hydrogen) atoms. The molecule has 0 saturated carbocycles. The quantitative estimate of drug-likeness (QED) is 0.720. The maximum absolute atomic E-state index is 12.2. The Morgan fingerprint density at radius 3 is 2.67 bits per heavy atom. The molecular weight excluding hydrogens is 260 g/mol. The van der Waals surface area contributed by atoms with Crippen LogP contribution in [0.25, 0.3) is 21.6 Å². The van der Waals surface area contributed by atoms with Crippen LogP contribution in [0.15, 0.2) is 0 Å². The molecule has 0 aromatic carbocycles. The van der Waals surface area contributed by atoms with Crippen LogP contribution in [0.3, 0.4) is 0 Å². The van der Waals surface area contributed by atoms with Gasteiger partial charge in [0.25, 0.3) is 0 Å². The van der Waals surface area contributed by atoms with Crippen LogP contribution in [0.2, 0.25) is 0 Å². The summed E-state index contributed by atoms with van der Waals surface area (Å²) in [6, 6.07) is 0. The number of hydrogen-bond acceptors (Lipinski definition) is 3. The van der Waals surface area contributed by atoms with Crippen molar-refractivity contribution < 1.29 is 4.79 Å². The van der Waals surface area contributed by atoms with Crippen LogP contribution in [0.4, 0.5) is 0 Å². The van der Waals surface area contributed by atoms with Gasteiger partial charge in [0.05, 0.1) is 14.3 Å². The minimum absolute atomic E-state index is 0.169.